The molecule has 0 spiro atoms. The quantitative estimate of drug-likeness (QED) is 0.617. The molecule has 0 radical (unpaired) electrons. The Morgan fingerprint density at radius 3 is 2.24 bits per heavy atom. The molecule has 0 bridgehead atoms. The first-order valence-corrected chi connectivity index (χ1v) is 8.50. The lowest BCUT2D eigenvalue weighted by molar-refractivity contribution is 0.316. The van der Waals surface area contributed by atoms with Crippen LogP contribution in [0.3, 0.4) is 0 Å². The molecule has 1 aromatic rings. The lowest BCUT2D eigenvalue weighted by Gasteiger charge is -2.21. The Bertz CT molecular complexity index is 444. The van der Waals surface area contributed by atoms with Crippen LogP contribution in [-0.2, 0) is 4.74 Å². The summed E-state index contributed by atoms with van der Waals surface area (Å²) < 4.78 is 11.5. The summed E-state index contributed by atoms with van der Waals surface area (Å²) in [7, 11) is 0. The molecule has 0 aromatic heterocycles. The van der Waals surface area contributed by atoms with E-state index in [4.69, 9.17) is 9.47 Å². The van der Waals surface area contributed by atoms with Gasteiger partial charge in [-0.05, 0) is 74.3 Å². The van der Waals surface area contributed by atoms with E-state index in [2.05, 4.69) is 46.8 Å². The van der Waals surface area contributed by atoms with E-state index in [1.165, 1.54) is 23.1 Å². The predicted molar refractivity (Wildman–Crippen MR) is 88.3 cm³/mol. The van der Waals surface area contributed by atoms with Gasteiger partial charge in [-0.2, -0.15) is 0 Å². The Labute approximate surface area is 129 Å². The Morgan fingerprint density at radius 2 is 1.76 bits per heavy atom. The van der Waals surface area contributed by atoms with Crippen LogP contribution in [-0.4, -0.2) is 18.8 Å². The van der Waals surface area contributed by atoms with Crippen molar-refractivity contribution in [1.82, 2.24) is 0 Å². The Morgan fingerprint density at radius 1 is 1.10 bits per heavy atom. The van der Waals surface area contributed by atoms with Crippen LogP contribution in [0.15, 0.2) is 12.1 Å². The SMILES string of the molecule is CCCOc1cc(C)c(C(CC)CC2OC2CC)c(C)c1. The second-order valence-corrected chi connectivity index (χ2v) is 6.28. The van der Waals surface area contributed by atoms with E-state index in [1.807, 2.05) is 0 Å². The van der Waals surface area contributed by atoms with Gasteiger partial charge in [-0.25, -0.2) is 0 Å². The van der Waals surface area contributed by atoms with Gasteiger partial charge in [0.15, 0.2) is 0 Å². The monoisotopic (exact) mass is 290 g/mol. The summed E-state index contributed by atoms with van der Waals surface area (Å²) in [4.78, 5) is 0. The Kier molecular flexibility index (Phi) is 5.69. The number of hydrogen-bond acceptors (Lipinski definition) is 2. The van der Waals surface area contributed by atoms with E-state index in [0.717, 1.165) is 31.6 Å². The number of hydrogen-bond donors (Lipinski definition) is 0. The molecule has 118 valence electrons. The van der Waals surface area contributed by atoms with E-state index < -0.39 is 0 Å². The van der Waals surface area contributed by atoms with Gasteiger partial charge in [-0.1, -0.05) is 20.8 Å². The summed E-state index contributed by atoms with van der Waals surface area (Å²) in [6, 6.07) is 4.40. The average Bonchev–Trinajstić information content (AvgIpc) is 3.21. The largest absolute Gasteiger partial charge is 0.494 e. The summed E-state index contributed by atoms with van der Waals surface area (Å²) in [5.41, 5.74) is 4.23. The number of ether oxygens (including phenoxy) is 2. The van der Waals surface area contributed by atoms with Crippen molar-refractivity contribution in [3.8, 4) is 5.75 Å². The number of epoxide rings is 1. The topological polar surface area (TPSA) is 21.8 Å². The number of rotatable bonds is 8. The van der Waals surface area contributed by atoms with Crippen LogP contribution in [0.2, 0.25) is 0 Å². The molecule has 21 heavy (non-hydrogen) atoms. The zero-order valence-electron chi connectivity index (χ0n) is 14.2. The fourth-order valence-corrected chi connectivity index (χ4v) is 3.40. The molecule has 3 unspecified atom stereocenters. The van der Waals surface area contributed by atoms with E-state index in [9.17, 15) is 0 Å². The van der Waals surface area contributed by atoms with Gasteiger partial charge >= 0.3 is 0 Å². The van der Waals surface area contributed by atoms with Crippen molar-refractivity contribution >= 4 is 0 Å². The predicted octanol–water partition coefficient (Wildman–Crippen LogP) is 5.15. The molecular formula is C19H30O2. The smallest absolute Gasteiger partial charge is 0.119 e. The third-order valence-electron chi connectivity index (χ3n) is 4.55. The first kappa shape index (κ1) is 16.4. The highest BCUT2D eigenvalue weighted by molar-refractivity contribution is 5.43. The second kappa shape index (κ2) is 7.31. The molecule has 2 rings (SSSR count). The van der Waals surface area contributed by atoms with Crippen molar-refractivity contribution < 1.29 is 9.47 Å². The summed E-state index contributed by atoms with van der Waals surface area (Å²) in [6.45, 7) is 11.9. The number of benzene rings is 1. The molecule has 1 aliphatic heterocycles. The standard InChI is InChI=1S/C19H30O2/c1-6-9-20-16-10-13(4)19(14(5)11-16)15(7-2)12-18-17(8-3)21-18/h10-11,15,17-18H,6-9,12H2,1-5H3. The summed E-state index contributed by atoms with van der Waals surface area (Å²) >= 11 is 0. The minimum absolute atomic E-state index is 0.481. The van der Waals surface area contributed by atoms with E-state index in [-0.39, 0.29) is 0 Å². The fourth-order valence-electron chi connectivity index (χ4n) is 3.40. The van der Waals surface area contributed by atoms with E-state index in [1.54, 1.807) is 0 Å². The minimum Gasteiger partial charge on any atom is -0.494 e. The van der Waals surface area contributed by atoms with E-state index in [0.29, 0.717) is 18.1 Å². The second-order valence-electron chi connectivity index (χ2n) is 6.28. The highest BCUT2D eigenvalue weighted by Gasteiger charge is 2.38. The third kappa shape index (κ3) is 4.00. The van der Waals surface area contributed by atoms with Crippen molar-refractivity contribution in [1.29, 1.82) is 0 Å². The van der Waals surface area contributed by atoms with Gasteiger partial charge in [0.2, 0.25) is 0 Å². The Balaban J connectivity index is 2.13. The van der Waals surface area contributed by atoms with Gasteiger partial charge in [0.05, 0.1) is 18.8 Å². The van der Waals surface area contributed by atoms with Crippen molar-refractivity contribution in [3.05, 3.63) is 28.8 Å². The van der Waals surface area contributed by atoms with Gasteiger partial charge in [-0.3, -0.25) is 0 Å². The molecule has 0 saturated carbocycles. The van der Waals surface area contributed by atoms with E-state index >= 15 is 0 Å². The van der Waals surface area contributed by atoms with Crippen LogP contribution in [0.5, 0.6) is 5.75 Å². The molecule has 1 aliphatic rings. The first-order chi connectivity index (χ1) is 10.1. The third-order valence-corrected chi connectivity index (χ3v) is 4.55. The highest BCUT2D eigenvalue weighted by Crippen LogP contribution is 2.39. The lowest BCUT2D eigenvalue weighted by atomic mass is 9.85. The Hall–Kier alpha value is -1.02. The zero-order chi connectivity index (χ0) is 15.4. The summed E-state index contributed by atoms with van der Waals surface area (Å²) in [6.07, 6.45) is 5.51. The maximum absolute atomic E-state index is 5.79. The normalized spacial score (nSPS) is 22.1. The molecule has 3 atom stereocenters. The van der Waals surface area contributed by atoms with Crippen LogP contribution in [0.4, 0.5) is 0 Å². The number of aryl methyl sites for hydroxylation is 2. The lowest BCUT2D eigenvalue weighted by Crippen LogP contribution is -2.08. The molecular weight excluding hydrogens is 260 g/mol. The molecule has 1 saturated heterocycles. The first-order valence-electron chi connectivity index (χ1n) is 8.50. The van der Waals surface area contributed by atoms with Crippen LogP contribution < -0.4 is 4.74 Å². The van der Waals surface area contributed by atoms with Crippen LogP contribution in [0.25, 0.3) is 0 Å². The molecule has 0 amide bonds. The molecule has 1 heterocycles. The average molecular weight is 290 g/mol. The highest BCUT2D eigenvalue weighted by atomic mass is 16.6. The van der Waals surface area contributed by atoms with Gasteiger partial charge in [-0.15, -0.1) is 0 Å². The van der Waals surface area contributed by atoms with Crippen molar-refractivity contribution in [2.24, 2.45) is 0 Å². The van der Waals surface area contributed by atoms with Crippen LogP contribution in [0, 0.1) is 13.8 Å². The molecule has 2 heteroatoms. The van der Waals surface area contributed by atoms with Crippen molar-refractivity contribution in [2.45, 2.75) is 78.4 Å². The molecule has 1 aromatic carbocycles. The van der Waals surface area contributed by atoms with Gasteiger partial charge < -0.3 is 9.47 Å². The van der Waals surface area contributed by atoms with Gasteiger partial charge in [0.25, 0.3) is 0 Å². The summed E-state index contributed by atoms with van der Waals surface area (Å²) in [5, 5.41) is 0. The molecule has 1 fully saturated rings. The van der Waals surface area contributed by atoms with Crippen LogP contribution >= 0.6 is 0 Å². The van der Waals surface area contributed by atoms with Gasteiger partial charge in [0.1, 0.15) is 5.75 Å². The molecule has 0 aliphatic carbocycles. The fraction of sp³-hybridized carbons (Fsp3) is 0.684. The maximum Gasteiger partial charge on any atom is 0.119 e. The van der Waals surface area contributed by atoms with Crippen LogP contribution in [0.1, 0.15) is 69.1 Å². The summed E-state index contributed by atoms with van der Waals surface area (Å²) in [5.74, 6) is 1.62. The maximum atomic E-state index is 5.79. The van der Waals surface area contributed by atoms with Crippen molar-refractivity contribution in [3.63, 3.8) is 0 Å². The molecule has 2 nitrogen and oxygen atoms in total. The molecule has 0 N–H and O–H groups in total. The van der Waals surface area contributed by atoms with Crippen molar-refractivity contribution in [2.75, 3.05) is 6.61 Å². The van der Waals surface area contributed by atoms with Gasteiger partial charge in [0, 0.05) is 0 Å². The minimum atomic E-state index is 0.481. The zero-order valence-corrected chi connectivity index (χ0v) is 14.2.